The highest BCUT2D eigenvalue weighted by molar-refractivity contribution is 5.92. The van der Waals surface area contributed by atoms with Crippen molar-refractivity contribution in [2.24, 2.45) is 0 Å². The zero-order valence-electron chi connectivity index (χ0n) is 9.83. The molecule has 15 heavy (non-hydrogen) atoms. The van der Waals surface area contributed by atoms with E-state index < -0.39 is 5.54 Å². The van der Waals surface area contributed by atoms with Crippen molar-refractivity contribution in [1.82, 2.24) is 15.1 Å². The van der Waals surface area contributed by atoms with Crippen molar-refractivity contribution < 1.29 is 9.59 Å². The van der Waals surface area contributed by atoms with E-state index in [2.05, 4.69) is 5.32 Å². The molecule has 0 aromatic rings. The van der Waals surface area contributed by atoms with E-state index in [0.717, 1.165) is 0 Å². The molecule has 0 aromatic carbocycles. The van der Waals surface area contributed by atoms with Gasteiger partial charge >= 0.3 is 0 Å². The van der Waals surface area contributed by atoms with Crippen molar-refractivity contribution in [3.05, 3.63) is 0 Å². The summed E-state index contributed by atoms with van der Waals surface area (Å²) < 4.78 is 0. The molecule has 1 aliphatic heterocycles. The lowest BCUT2D eigenvalue weighted by molar-refractivity contribution is -0.156. The van der Waals surface area contributed by atoms with Gasteiger partial charge in [0.25, 0.3) is 0 Å². The predicted molar refractivity (Wildman–Crippen MR) is 57.4 cm³/mol. The molecule has 0 aromatic heterocycles. The molecular formula is C10H19N3O2. The number of nitrogens with zero attached hydrogens (tertiary/aromatic N) is 2. The smallest absolute Gasteiger partial charge is 0.247 e. The third-order valence-electron chi connectivity index (χ3n) is 2.83. The molecule has 0 aliphatic carbocycles. The Morgan fingerprint density at radius 2 is 2.07 bits per heavy atom. The molecule has 86 valence electrons. The Labute approximate surface area is 90.4 Å². The number of amides is 2. The van der Waals surface area contributed by atoms with Gasteiger partial charge in [-0.05, 0) is 20.9 Å². The third kappa shape index (κ3) is 2.12. The average Bonchev–Trinajstić information content (AvgIpc) is 2.14. The Morgan fingerprint density at radius 3 is 2.60 bits per heavy atom. The second-order valence-corrected chi connectivity index (χ2v) is 4.36. The molecule has 1 heterocycles. The minimum Gasteiger partial charge on any atom is -0.342 e. The first-order chi connectivity index (χ1) is 6.91. The van der Waals surface area contributed by atoms with Gasteiger partial charge in [-0.2, -0.15) is 0 Å². The van der Waals surface area contributed by atoms with Gasteiger partial charge in [0.05, 0.1) is 6.54 Å². The van der Waals surface area contributed by atoms with Gasteiger partial charge in [0.2, 0.25) is 11.8 Å². The van der Waals surface area contributed by atoms with E-state index in [1.54, 1.807) is 37.7 Å². The summed E-state index contributed by atoms with van der Waals surface area (Å²) in [5.74, 6) is -0.0258. The standard InChI is InChI=1S/C10H19N3O2/c1-10(2)9(15)12(4)5-6-13(10)8(14)7-11-3/h11H,5-7H2,1-4H3. The van der Waals surface area contributed by atoms with Gasteiger partial charge in [-0.15, -0.1) is 0 Å². The van der Waals surface area contributed by atoms with Gasteiger partial charge < -0.3 is 15.1 Å². The molecular weight excluding hydrogens is 194 g/mol. The number of hydrogen-bond donors (Lipinski definition) is 1. The number of piperazine rings is 1. The van der Waals surface area contributed by atoms with Gasteiger partial charge in [-0.25, -0.2) is 0 Å². The first kappa shape index (κ1) is 12.0. The first-order valence-electron chi connectivity index (χ1n) is 5.12. The van der Waals surface area contributed by atoms with E-state index in [4.69, 9.17) is 0 Å². The maximum Gasteiger partial charge on any atom is 0.247 e. The largest absolute Gasteiger partial charge is 0.342 e. The molecule has 5 heteroatoms. The van der Waals surface area contributed by atoms with E-state index >= 15 is 0 Å². The summed E-state index contributed by atoms with van der Waals surface area (Å²) in [6.07, 6.45) is 0. The van der Waals surface area contributed by atoms with Crippen LogP contribution in [0.25, 0.3) is 0 Å². The zero-order valence-corrected chi connectivity index (χ0v) is 9.83. The summed E-state index contributed by atoms with van der Waals surface area (Å²) in [7, 11) is 3.49. The summed E-state index contributed by atoms with van der Waals surface area (Å²) in [6.45, 7) is 5.07. The Hall–Kier alpha value is -1.10. The summed E-state index contributed by atoms with van der Waals surface area (Å²) >= 11 is 0. The van der Waals surface area contributed by atoms with Crippen LogP contribution in [0, 0.1) is 0 Å². The second kappa shape index (κ2) is 4.18. The Bertz CT molecular complexity index is 276. The van der Waals surface area contributed by atoms with Gasteiger partial charge in [0.1, 0.15) is 5.54 Å². The van der Waals surface area contributed by atoms with E-state index in [1.165, 1.54) is 0 Å². The second-order valence-electron chi connectivity index (χ2n) is 4.36. The lowest BCUT2D eigenvalue weighted by Gasteiger charge is -2.44. The fourth-order valence-corrected chi connectivity index (χ4v) is 1.90. The minimum absolute atomic E-state index is 0.00166. The lowest BCUT2D eigenvalue weighted by atomic mass is 9.97. The average molecular weight is 213 g/mol. The maximum absolute atomic E-state index is 11.9. The number of rotatable bonds is 2. The van der Waals surface area contributed by atoms with Crippen LogP contribution in [-0.4, -0.2) is 60.9 Å². The van der Waals surface area contributed by atoms with Crippen LogP contribution in [0.2, 0.25) is 0 Å². The molecule has 2 amide bonds. The summed E-state index contributed by atoms with van der Waals surface area (Å²) in [5, 5.41) is 2.81. The highest BCUT2D eigenvalue weighted by Gasteiger charge is 2.42. The fraction of sp³-hybridized carbons (Fsp3) is 0.800. The molecule has 1 fully saturated rings. The molecule has 0 radical (unpaired) electrons. The van der Waals surface area contributed by atoms with Crippen LogP contribution >= 0.6 is 0 Å². The number of hydrogen-bond acceptors (Lipinski definition) is 3. The monoisotopic (exact) mass is 213 g/mol. The predicted octanol–water partition coefficient (Wildman–Crippen LogP) is -0.715. The molecule has 0 bridgehead atoms. The van der Waals surface area contributed by atoms with Gasteiger partial charge in [0.15, 0.2) is 0 Å². The SMILES string of the molecule is CNCC(=O)N1CCN(C)C(=O)C1(C)C. The Balaban J connectivity index is 2.82. The quantitative estimate of drug-likeness (QED) is 0.659. The molecule has 1 saturated heterocycles. The summed E-state index contributed by atoms with van der Waals surface area (Å²) in [5.41, 5.74) is -0.721. The first-order valence-corrected chi connectivity index (χ1v) is 5.12. The topological polar surface area (TPSA) is 52.7 Å². The molecule has 5 nitrogen and oxygen atoms in total. The zero-order chi connectivity index (χ0) is 11.6. The van der Waals surface area contributed by atoms with E-state index in [1.807, 2.05) is 0 Å². The van der Waals surface area contributed by atoms with Crippen molar-refractivity contribution in [1.29, 1.82) is 0 Å². The molecule has 0 atom stereocenters. The van der Waals surface area contributed by atoms with Crippen LogP contribution in [0.3, 0.4) is 0 Å². The summed E-state index contributed by atoms with van der Waals surface area (Å²) in [4.78, 5) is 27.0. The lowest BCUT2D eigenvalue weighted by Crippen LogP contribution is -2.64. The van der Waals surface area contributed by atoms with Crippen LogP contribution in [-0.2, 0) is 9.59 Å². The normalized spacial score (nSPS) is 20.7. The Morgan fingerprint density at radius 1 is 1.47 bits per heavy atom. The number of nitrogens with one attached hydrogen (secondary N) is 1. The van der Waals surface area contributed by atoms with E-state index in [9.17, 15) is 9.59 Å². The van der Waals surface area contributed by atoms with Crippen LogP contribution < -0.4 is 5.32 Å². The van der Waals surface area contributed by atoms with Crippen LogP contribution in [0.5, 0.6) is 0 Å². The molecule has 0 spiro atoms. The van der Waals surface area contributed by atoms with Crippen molar-refractivity contribution in [2.75, 3.05) is 33.7 Å². The van der Waals surface area contributed by atoms with Crippen LogP contribution in [0.15, 0.2) is 0 Å². The molecule has 1 rings (SSSR count). The number of likely N-dealkylation sites (N-methyl/N-ethyl adjacent to an activating group) is 2. The molecule has 0 unspecified atom stereocenters. The van der Waals surface area contributed by atoms with E-state index in [-0.39, 0.29) is 18.4 Å². The van der Waals surface area contributed by atoms with Crippen molar-refractivity contribution in [3.8, 4) is 0 Å². The number of carbonyl (C=O) groups is 2. The minimum atomic E-state index is -0.721. The highest BCUT2D eigenvalue weighted by Crippen LogP contribution is 2.21. The molecule has 0 saturated carbocycles. The van der Waals surface area contributed by atoms with Gasteiger partial charge in [-0.3, -0.25) is 9.59 Å². The fourth-order valence-electron chi connectivity index (χ4n) is 1.90. The van der Waals surface area contributed by atoms with Gasteiger partial charge in [-0.1, -0.05) is 0 Å². The highest BCUT2D eigenvalue weighted by atomic mass is 16.2. The third-order valence-corrected chi connectivity index (χ3v) is 2.83. The summed E-state index contributed by atoms with van der Waals surface area (Å²) in [6, 6.07) is 0. The molecule has 1 N–H and O–H groups in total. The van der Waals surface area contributed by atoms with Crippen LogP contribution in [0.1, 0.15) is 13.8 Å². The molecule has 1 aliphatic rings. The number of carbonyl (C=O) groups excluding carboxylic acids is 2. The van der Waals surface area contributed by atoms with Gasteiger partial charge in [0, 0.05) is 20.1 Å². The van der Waals surface area contributed by atoms with Crippen molar-refractivity contribution >= 4 is 11.8 Å². The van der Waals surface area contributed by atoms with Crippen molar-refractivity contribution in [3.63, 3.8) is 0 Å². The maximum atomic E-state index is 11.9. The van der Waals surface area contributed by atoms with E-state index in [0.29, 0.717) is 13.1 Å². The van der Waals surface area contributed by atoms with Crippen molar-refractivity contribution in [2.45, 2.75) is 19.4 Å². The van der Waals surface area contributed by atoms with Crippen LogP contribution in [0.4, 0.5) is 0 Å². The Kier molecular flexibility index (Phi) is 3.34.